The molecule has 0 aliphatic carbocycles. The van der Waals surface area contributed by atoms with Gasteiger partial charge in [0.2, 0.25) is 5.75 Å². The van der Waals surface area contributed by atoms with E-state index in [1.807, 2.05) is 18.2 Å². The molecule has 0 aliphatic rings. The van der Waals surface area contributed by atoms with E-state index in [4.69, 9.17) is 25.4 Å². The first kappa shape index (κ1) is 18.9. The molecule has 0 saturated heterocycles. The van der Waals surface area contributed by atoms with Gasteiger partial charge in [0.15, 0.2) is 17.3 Å². The zero-order valence-corrected chi connectivity index (χ0v) is 14.9. The molecule has 0 radical (unpaired) electrons. The molecule has 2 rings (SSSR count). The van der Waals surface area contributed by atoms with E-state index in [2.05, 4.69) is 5.92 Å². The van der Waals surface area contributed by atoms with Crippen LogP contribution in [0.4, 0.5) is 0 Å². The Hall–Kier alpha value is -3.39. The summed E-state index contributed by atoms with van der Waals surface area (Å²) in [5, 5.41) is 0. The first-order valence-electron chi connectivity index (χ1n) is 7.82. The molecule has 0 aromatic heterocycles. The summed E-state index contributed by atoms with van der Waals surface area (Å²) in [6.07, 6.45) is 8.34. The van der Waals surface area contributed by atoms with Crippen molar-refractivity contribution in [3.05, 3.63) is 53.6 Å². The van der Waals surface area contributed by atoms with Crippen LogP contribution in [0.1, 0.15) is 15.9 Å². The highest BCUT2D eigenvalue weighted by Crippen LogP contribution is 2.40. The van der Waals surface area contributed by atoms with E-state index in [-0.39, 0.29) is 12.4 Å². The maximum Gasteiger partial charge on any atom is 0.204 e. The summed E-state index contributed by atoms with van der Waals surface area (Å²) in [5.74, 6) is 3.95. The van der Waals surface area contributed by atoms with Crippen LogP contribution in [-0.4, -0.2) is 33.7 Å². The van der Waals surface area contributed by atoms with E-state index in [0.29, 0.717) is 28.6 Å². The second kappa shape index (κ2) is 9.19. The van der Waals surface area contributed by atoms with Gasteiger partial charge in [0.1, 0.15) is 12.4 Å². The van der Waals surface area contributed by atoms with Crippen molar-refractivity contribution in [2.45, 2.75) is 0 Å². The Balaban J connectivity index is 2.34. The highest BCUT2D eigenvalue weighted by molar-refractivity contribution is 6.09. The van der Waals surface area contributed by atoms with Gasteiger partial charge in [0, 0.05) is 5.56 Å². The molecular formula is C21H20O5. The summed E-state index contributed by atoms with van der Waals surface area (Å²) >= 11 is 0. The SMILES string of the molecule is C#CCOc1ccccc1/C=C/C(=O)c1ccc(OC)c(OC)c1OC. The zero-order chi connectivity index (χ0) is 18.9. The summed E-state index contributed by atoms with van der Waals surface area (Å²) in [6, 6.07) is 10.6. The number of para-hydroxylation sites is 1. The Morgan fingerprint density at radius 1 is 1.00 bits per heavy atom. The smallest absolute Gasteiger partial charge is 0.204 e. The number of ether oxygens (including phenoxy) is 4. The van der Waals surface area contributed by atoms with Gasteiger partial charge >= 0.3 is 0 Å². The molecule has 0 heterocycles. The van der Waals surface area contributed by atoms with Gasteiger partial charge in [0.05, 0.1) is 26.9 Å². The number of carbonyl (C=O) groups excluding carboxylic acids is 1. The lowest BCUT2D eigenvalue weighted by Gasteiger charge is -2.14. The predicted octanol–water partition coefficient (Wildman–Crippen LogP) is 3.62. The number of rotatable bonds is 8. The van der Waals surface area contributed by atoms with E-state index < -0.39 is 0 Å². The summed E-state index contributed by atoms with van der Waals surface area (Å²) in [4.78, 5) is 12.7. The van der Waals surface area contributed by atoms with Crippen LogP contribution in [0.25, 0.3) is 6.08 Å². The molecule has 0 atom stereocenters. The minimum Gasteiger partial charge on any atom is -0.493 e. The van der Waals surface area contributed by atoms with Crippen molar-refractivity contribution < 1.29 is 23.7 Å². The van der Waals surface area contributed by atoms with Crippen LogP contribution in [0.5, 0.6) is 23.0 Å². The topological polar surface area (TPSA) is 54.0 Å². The molecule has 2 aromatic carbocycles. The summed E-state index contributed by atoms with van der Waals surface area (Å²) in [5.41, 5.74) is 1.11. The molecule has 0 fully saturated rings. The summed E-state index contributed by atoms with van der Waals surface area (Å²) in [6.45, 7) is 0.155. The monoisotopic (exact) mass is 352 g/mol. The van der Waals surface area contributed by atoms with E-state index >= 15 is 0 Å². The molecule has 0 unspecified atom stereocenters. The van der Waals surface area contributed by atoms with Gasteiger partial charge in [-0.05, 0) is 30.4 Å². The quantitative estimate of drug-likeness (QED) is 0.413. The van der Waals surface area contributed by atoms with E-state index in [1.54, 1.807) is 24.3 Å². The van der Waals surface area contributed by atoms with Crippen LogP contribution in [0.15, 0.2) is 42.5 Å². The molecule has 134 valence electrons. The second-order valence-electron chi connectivity index (χ2n) is 5.11. The minimum atomic E-state index is -0.241. The molecule has 5 nitrogen and oxygen atoms in total. The third kappa shape index (κ3) is 4.17. The van der Waals surface area contributed by atoms with Gasteiger partial charge in [0.25, 0.3) is 0 Å². The van der Waals surface area contributed by atoms with Crippen LogP contribution in [-0.2, 0) is 0 Å². The molecular weight excluding hydrogens is 332 g/mol. The molecule has 0 amide bonds. The third-order valence-electron chi connectivity index (χ3n) is 3.61. The molecule has 2 aromatic rings. The Bertz CT molecular complexity index is 846. The number of ketones is 1. The maximum absolute atomic E-state index is 12.7. The normalized spacial score (nSPS) is 10.2. The maximum atomic E-state index is 12.7. The summed E-state index contributed by atoms with van der Waals surface area (Å²) < 4.78 is 21.4. The lowest BCUT2D eigenvalue weighted by molar-refractivity contribution is 0.104. The average Bonchev–Trinajstić information content (AvgIpc) is 2.69. The third-order valence-corrected chi connectivity index (χ3v) is 3.61. The Labute approximate surface area is 153 Å². The van der Waals surface area contributed by atoms with Gasteiger partial charge in [-0.3, -0.25) is 4.79 Å². The molecule has 0 aliphatic heterocycles. The number of carbonyl (C=O) groups is 1. The van der Waals surface area contributed by atoms with Crippen molar-refractivity contribution in [2.24, 2.45) is 0 Å². The first-order valence-corrected chi connectivity index (χ1v) is 7.82. The van der Waals surface area contributed by atoms with Crippen molar-refractivity contribution in [3.63, 3.8) is 0 Å². The van der Waals surface area contributed by atoms with Crippen LogP contribution in [0.2, 0.25) is 0 Å². The number of allylic oxidation sites excluding steroid dienone is 1. The Kier molecular flexibility index (Phi) is 6.69. The fourth-order valence-corrected chi connectivity index (χ4v) is 2.42. The van der Waals surface area contributed by atoms with Crippen molar-refractivity contribution in [2.75, 3.05) is 27.9 Å². The molecule has 0 N–H and O–H groups in total. The van der Waals surface area contributed by atoms with Crippen molar-refractivity contribution in [1.82, 2.24) is 0 Å². The second-order valence-corrected chi connectivity index (χ2v) is 5.11. The first-order chi connectivity index (χ1) is 12.7. The lowest BCUT2D eigenvalue weighted by atomic mass is 10.1. The van der Waals surface area contributed by atoms with Gasteiger partial charge in [-0.1, -0.05) is 24.1 Å². The molecule has 26 heavy (non-hydrogen) atoms. The molecule has 0 spiro atoms. The largest absolute Gasteiger partial charge is 0.493 e. The number of hydrogen-bond acceptors (Lipinski definition) is 5. The number of methoxy groups -OCH3 is 3. The number of benzene rings is 2. The predicted molar refractivity (Wildman–Crippen MR) is 100 cm³/mol. The van der Waals surface area contributed by atoms with Crippen LogP contribution in [0.3, 0.4) is 0 Å². The number of terminal acetylenes is 1. The van der Waals surface area contributed by atoms with E-state index in [0.717, 1.165) is 5.56 Å². The van der Waals surface area contributed by atoms with Gasteiger partial charge in [-0.25, -0.2) is 0 Å². The fourth-order valence-electron chi connectivity index (χ4n) is 2.42. The van der Waals surface area contributed by atoms with Crippen LogP contribution >= 0.6 is 0 Å². The van der Waals surface area contributed by atoms with Crippen molar-refractivity contribution in [3.8, 4) is 35.3 Å². The molecule has 0 saturated carbocycles. The molecule has 0 bridgehead atoms. The Morgan fingerprint density at radius 2 is 1.73 bits per heavy atom. The van der Waals surface area contributed by atoms with Crippen LogP contribution in [0, 0.1) is 12.3 Å². The average molecular weight is 352 g/mol. The van der Waals surface area contributed by atoms with Gasteiger partial charge < -0.3 is 18.9 Å². The summed E-state index contributed by atoms with van der Waals surface area (Å²) in [7, 11) is 4.48. The number of hydrogen-bond donors (Lipinski definition) is 0. The Morgan fingerprint density at radius 3 is 2.38 bits per heavy atom. The van der Waals surface area contributed by atoms with Gasteiger partial charge in [-0.2, -0.15) is 0 Å². The minimum absolute atomic E-state index is 0.155. The van der Waals surface area contributed by atoms with Crippen molar-refractivity contribution >= 4 is 11.9 Å². The lowest BCUT2D eigenvalue weighted by Crippen LogP contribution is -2.03. The standard InChI is InChI=1S/C21H20O5/c1-5-14-26-18-9-7-6-8-15(18)10-12-17(22)16-11-13-19(23-2)21(25-4)20(16)24-3/h1,6-13H,14H2,2-4H3/b12-10+. The van der Waals surface area contributed by atoms with Crippen molar-refractivity contribution in [1.29, 1.82) is 0 Å². The van der Waals surface area contributed by atoms with Gasteiger partial charge in [-0.15, -0.1) is 6.42 Å². The highest BCUT2D eigenvalue weighted by Gasteiger charge is 2.19. The fraction of sp³-hybridized carbons (Fsp3) is 0.190. The highest BCUT2D eigenvalue weighted by atomic mass is 16.5. The zero-order valence-electron chi connectivity index (χ0n) is 14.9. The van der Waals surface area contributed by atoms with E-state index in [9.17, 15) is 4.79 Å². The van der Waals surface area contributed by atoms with E-state index in [1.165, 1.54) is 27.4 Å². The van der Waals surface area contributed by atoms with Crippen LogP contribution < -0.4 is 18.9 Å². The molecule has 5 heteroatoms.